The first-order chi connectivity index (χ1) is 14.9. The Bertz CT molecular complexity index is 1070. The quantitative estimate of drug-likeness (QED) is 0.706. The highest BCUT2D eigenvalue weighted by molar-refractivity contribution is 7.89. The molecule has 0 amide bonds. The highest BCUT2D eigenvalue weighted by Crippen LogP contribution is 2.33. The van der Waals surface area contributed by atoms with Gasteiger partial charge in [-0.05, 0) is 61.4 Å². The third kappa shape index (κ3) is 5.19. The van der Waals surface area contributed by atoms with E-state index in [9.17, 15) is 16.8 Å². The molecule has 0 bridgehead atoms. The summed E-state index contributed by atoms with van der Waals surface area (Å²) in [4.78, 5) is 0.540. The van der Waals surface area contributed by atoms with Crippen LogP contribution in [0.25, 0.3) is 0 Å². The topological polar surface area (TPSA) is 83.6 Å². The predicted molar refractivity (Wildman–Crippen MR) is 121 cm³/mol. The lowest BCUT2D eigenvalue weighted by atomic mass is 9.84. The minimum atomic E-state index is -3.60. The molecule has 1 saturated carbocycles. The van der Waals surface area contributed by atoms with Crippen molar-refractivity contribution in [3.05, 3.63) is 60.2 Å². The van der Waals surface area contributed by atoms with E-state index in [1.165, 1.54) is 42.0 Å². The second kappa shape index (κ2) is 9.40. The molecule has 1 aliphatic carbocycles. The van der Waals surface area contributed by atoms with Crippen LogP contribution in [0.2, 0.25) is 0 Å². The van der Waals surface area contributed by atoms with Gasteiger partial charge in [0.05, 0.1) is 9.79 Å². The zero-order valence-corrected chi connectivity index (χ0v) is 19.2. The standard InChI is InChI=1S/C23H30N2O4S2/c26-30(27,22-9-5-2-6-10-22)24-21-15-17-25(18-16-21)31(28,29)23-13-11-20(12-14-23)19-7-3-1-4-8-19/h2,5-6,9-14,19,21,24H,1,3-4,7-8,15-18H2. The van der Waals surface area contributed by atoms with Crippen molar-refractivity contribution in [2.45, 2.75) is 66.7 Å². The summed E-state index contributed by atoms with van der Waals surface area (Å²) in [6, 6.07) is 15.3. The smallest absolute Gasteiger partial charge is 0.208 e. The minimum Gasteiger partial charge on any atom is -0.208 e. The second-order valence-electron chi connectivity index (χ2n) is 8.52. The molecule has 1 N–H and O–H groups in total. The normalized spacial score (nSPS) is 20.0. The molecule has 0 aromatic heterocycles. The fourth-order valence-electron chi connectivity index (χ4n) is 4.60. The van der Waals surface area contributed by atoms with Gasteiger partial charge in [0, 0.05) is 19.1 Å². The molecule has 31 heavy (non-hydrogen) atoms. The van der Waals surface area contributed by atoms with Crippen LogP contribution in [0.3, 0.4) is 0 Å². The molecular weight excluding hydrogens is 432 g/mol. The molecule has 0 spiro atoms. The van der Waals surface area contributed by atoms with Crippen molar-refractivity contribution < 1.29 is 16.8 Å². The van der Waals surface area contributed by atoms with Crippen molar-refractivity contribution >= 4 is 20.0 Å². The predicted octanol–water partition coefficient (Wildman–Crippen LogP) is 3.87. The van der Waals surface area contributed by atoms with Crippen LogP contribution >= 0.6 is 0 Å². The number of benzene rings is 2. The third-order valence-corrected chi connectivity index (χ3v) is 9.87. The fourth-order valence-corrected chi connectivity index (χ4v) is 7.39. The Morgan fingerprint density at radius 3 is 1.94 bits per heavy atom. The lowest BCUT2D eigenvalue weighted by Gasteiger charge is -2.31. The number of rotatable bonds is 6. The summed E-state index contributed by atoms with van der Waals surface area (Å²) in [6.45, 7) is 0.601. The van der Waals surface area contributed by atoms with Gasteiger partial charge in [-0.1, -0.05) is 49.6 Å². The summed E-state index contributed by atoms with van der Waals surface area (Å²) in [7, 11) is -7.17. The number of nitrogens with zero attached hydrogens (tertiary/aromatic N) is 1. The van der Waals surface area contributed by atoms with Gasteiger partial charge in [-0.15, -0.1) is 0 Å². The van der Waals surface area contributed by atoms with Crippen LogP contribution < -0.4 is 4.72 Å². The summed E-state index contributed by atoms with van der Waals surface area (Å²) in [5, 5.41) is 0. The van der Waals surface area contributed by atoms with Crippen molar-refractivity contribution in [3.8, 4) is 0 Å². The SMILES string of the molecule is O=S(=O)(NC1CCN(S(=O)(=O)c2ccc(C3CCCCC3)cc2)CC1)c1ccccc1. The Labute approximate surface area is 185 Å². The number of hydrogen-bond donors (Lipinski definition) is 1. The van der Waals surface area contributed by atoms with Crippen molar-refractivity contribution in [2.75, 3.05) is 13.1 Å². The van der Waals surface area contributed by atoms with E-state index in [0.717, 1.165) is 0 Å². The van der Waals surface area contributed by atoms with Gasteiger partial charge in [0.15, 0.2) is 0 Å². The van der Waals surface area contributed by atoms with Gasteiger partial charge in [-0.3, -0.25) is 0 Å². The Morgan fingerprint density at radius 1 is 0.710 bits per heavy atom. The first-order valence-electron chi connectivity index (χ1n) is 11.0. The zero-order valence-electron chi connectivity index (χ0n) is 17.6. The van der Waals surface area contributed by atoms with Gasteiger partial charge in [-0.25, -0.2) is 21.6 Å². The number of piperidine rings is 1. The molecule has 0 atom stereocenters. The molecule has 8 heteroatoms. The maximum Gasteiger partial charge on any atom is 0.243 e. The molecule has 1 saturated heterocycles. The molecule has 2 aliphatic rings. The van der Waals surface area contributed by atoms with Crippen LogP contribution in [-0.4, -0.2) is 40.3 Å². The van der Waals surface area contributed by atoms with Gasteiger partial charge >= 0.3 is 0 Å². The van der Waals surface area contributed by atoms with Crippen LogP contribution in [0.4, 0.5) is 0 Å². The Kier molecular flexibility index (Phi) is 6.81. The highest BCUT2D eigenvalue weighted by Gasteiger charge is 2.31. The summed E-state index contributed by atoms with van der Waals surface area (Å²) in [6.07, 6.45) is 7.04. The van der Waals surface area contributed by atoms with Crippen molar-refractivity contribution in [1.29, 1.82) is 0 Å². The average Bonchev–Trinajstić information content (AvgIpc) is 2.80. The minimum absolute atomic E-state index is 0.225. The lowest BCUT2D eigenvalue weighted by Crippen LogP contribution is -2.46. The van der Waals surface area contributed by atoms with E-state index in [1.54, 1.807) is 42.5 Å². The summed E-state index contributed by atoms with van der Waals surface area (Å²) >= 11 is 0. The third-order valence-electron chi connectivity index (χ3n) is 6.42. The number of sulfonamides is 2. The van der Waals surface area contributed by atoms with Crippen LogP contribution in [0.5, 0.6) is 0 Å². The molecule has 1 heterocycles. The van der Waals surface area contributed by atoms with Gasteiger partial charge in [0.25, 0.3) is 0 Å². The fraction of sp³-hybridized carbons (Fsp3) is 0.478. The highest BCUT2D eigenvalue weighted by atomic mass is 32.2. The molecule has 6 nitrogen and oxygen atoms in total. The van der Waals surface area contributed by atoms with Crippen molar-refractivity contribution in [3.63, 3.8) is 0 Å². The average molecular weight is 463 g/mol. The summed E-state index contributed by atoms with van der Waals surface area (Å²) in [5.41, 5.74) is 1.23. The zero-order chi connectivity index (χ0) is 21.9. The van der Waals surface area contributed by atoms with Gasteiger partial charge in [-0.2, -0.15) is 4.31 Å². The molecule has 2 aromatic rings. The Morgan fingerprint density at radius 2 is 1.32 bits per heavy atom. The Hall–Kier alpha value is -1.74. The van der Waals surface area contributed by atoms with E-state index in [0.29, 0.717) is 36.7 Å². The molecule has 168 valence electrons. The lowest BCUT2D eigenvalue weighted by molar-refractivity contribution is 0.308. The number of nitrogens with one attached hydrogen (secondary N) is 1. The van der Waals surface area contributed by atoms with Crippen LogP contribution in [0.15, 0.2) is 64.4 Å². The molecule has 2 fully saturated rings. The van der Waals surface area contributed by atoms with Crippen LogP contribution in [0.1, 0.15) is 56.4 Å². The van der Waals surface area contributed by atoms with E-state index >= 15 is 0 Å². The molecule has 4 rings (SSSR count). The maximum atomic E-state index is 13.1. The van der Waals surface area contributed by atoms with Gasteiger partial charge < -0.3 is 0 Å². The van der Waals surface area contributed by atoms with Gasteiger partial charge in [0.1, 0.15) is 0 Å². The molecule has 0 unspecified atom stereocenters. The monoisotopic (exact) mass is 462 g/mol. The molecule has 1 aliphatic heterocycles. The summed E-state index contributed by atoms with van der Waals surface area (Å²) < 4.78 is 55.4. The van der Waals surface area contributed by atoms with Crippen LogP contribution in [-0.2, 0) is 20.0 Å². The first-order valence-corrected chi connectivity index (χ1v) is 14.0. The van der Waals surface area contributed by atoms with E-state index < -0.39 is 20.0 Å². The first kappa shape index (κ1) is 22.5. The van der Waals surface area contributed by atoms with E-state index in [4.69, 9.17) is 0 Å². The number of hydrogen-bond acceptors (Lipinski definition) is 4. The van der Waals surface area contributed by atoms with E-state index in [-0.39, 0.29) is 10.9 Å². The largest absolute Gasteiger partial charge is 0.243 e. The van der Waals surface area contributed by atoms with E-state index in [2.05, 4.69) is 4.72 Å². The molecule has 2 aromatic carbocycles. The van der Waals surface area contributed by atoms with Gasteiger partial charge in [0.2, 0.25) is 20.0 Å². The Balaban J connectivity index is 1.37. The molecular formula is C23H30N2O4S2. The van der Waals surface area contributed by atoms with E-state index in [1.807, 2.05) is 12.1 Å². The second-order valence-corrected chi connectivity index (χ2v) is 12.2. The van der Waals surface area contributed by atoms with Crippen LogP contribution in [0, 0.1) is 0 Å². The van der Waals surface area contributed by atoms with Crippen molar-refractivity contribution in [1.82, 2.24) is 9.03 Å². The molecule has 0 radical (unpaired) electrons. The van der Waals surface area contributed by atoms with Crippen molar-refractivity contribution in [2.24, 2.45) is 0 Å². The maximum absolute atomic E-state index is 13.1. The summed E-state index contributed by atoms with van der Waals surface area (Å²) in [5.74, 6) is 0.541.